The lowest BCUT2D eigenvalue weighted by Gasteiger charge is -2.21. The van der Waals surface area contributed by atoms with Crippen LogP contribution in [0.15, 0.2) is 24.3 Å². The smallest absolute Gasteiger partial charge is 0.252 e. The normalized spacial score (nSPS) is 17.5. The Kier molecular flexibility index (Phi) is 2.58. The van der Waals surface area contributed by atoms with Gasteiger partial charge in [0.05, 0.1) is 0 Å². The number of fused-ring (bicyclic) bond motifs is 1. The summed E-state index contributed by atoms with van der Waals surface area (Å²) in [6.45, 7) is 4.83. The predicted molar refractivity (Wildman–Crippen MR) is 61.8 cm³/mol. The number of amides is 1. The molecule has 0 spiro atoms. The molecular weight excluding hydrogens is 186 g/mol. The van der Waals surface area contributed by atoms with Crippen LogP contribution in [0.3, 0.4) is 0 Å². The van der Waals surface area contributed by atoms with Gasteiger partial charge in [0.25, 0.3) is 5.91 Å². The number of allylic oxidation sites excluding steroid dienone is 1. The van der Waals surface area contributed by atoms with E-state index >= 15 is 0 Å². The number of rotatable bonds is 1. The standard InChI is InChI=1S/C13H15NO/c1-3-5-10-8-14-13(15)11-7-4-6-9(2)12(10)11/h4-7H,3,8H2,1-2H3,(H,14,15)/b10-5-. The summed E-state index contributed by atoms with van der Waals surface area (Å²) in [6.07, 6.45) is 3.18. The quantitative estimate of drug-likeness (QED) is 0.743. The Morgan fingerprint density at radius 1 is 1.47 bits per heavy atom. The Labute approximate surface area is 90.0 Å². The zero-order valence-electron chi connectivity index (χ0n) is 9.13. The van der Waals surface area contributed by atoms with E-state index < -0.39 is 0 Å². The molecular formula is C13H15NO. The molecule has 0 atom stereocenters. The Hall–Kier alpha value is -1.57. The Balaban J connectivity index is 2.61. The van der Waals surface area contributed by atoms with Crippen LogP contribution in [0.25, 0.3) is 5.57 Å². The van der Waals surface area contributed by atoms with Gasteiger partial charge >= 0.3 is 0 Å². The van der Waals surface area contributed by atoms with Crippen LogP contribution in [-0.2, 0) is 0 Å². The summed E-state index contributed by atoms with van der Waals surface area (Å²) in [6, 6.07) is 5.88. The molecule has 1 aromatic carbocycles. The van der Waals surface area contributed by atoms with E-state index in [-0.39, 0.29) is 5.91 Å². The van der Waals surface area contributed by atoms with E-state index in [9.17, 15) is 4.79 Å². The zero-order chi connectivity index (χ0) is 10.8. The number of carbonyl (C=O) groups excluding carboxylic acids is 1. The van der Waals surface area contributed by atoms with Gasteiger partial charge in [-0.3, -0.25) is 4.79 Å². The number of hydrogen-bond acceptors (Lipinski definition) is 1. The van der Waals surface area contributed by atoms with Crippen LogP contribution in [0.1, 0.15) is 34.8 Å². The summed E-state index contributed by atoms with van der Waals surface area (Å²) in [5, 5.41) is 2.89. The molecule has 1 aromatic rings. The van der Waals surface area contributed by atoms with Crippen molar-refractivity contribution in [1.29, 1.82) is 0 Å². The third-order valence-corrected chi connectivity index (χ3v) is 2.73. The summed E-state index contributed by atoms with van der Waals surface area (Å²) >= 11 is 0. The lowest BCUT2D eigenvalue weighted by molar-refractivity contribution is 0.0954. The van der Waals surface area contributed by atoms with E-state index in [2.05, 4.69) is 31.3 Å². The minimum atomic E-state index is 0.0435. The minimum Gasteiger partial charge on any atom is -0.348 e. The van der Waals surface area contributed by atoms with Crippen molar-refractivity contribution in [2.75, 3.05) is 6.54 Å². The molecule has 78 valence electrons. The maximum absolute atomic E-state index is 11.6. The van der Waals surface area contributed by atoms with E-state index in [0.29, 0.717) is 6.54 Å². The molecule has 2 heteroatoms. The summed E-state index contributed by atoms with van der Waals surface area (Å²) in [4.78, 5) is 11.6. The van der Waals surface area contributed by atoms with Gasteiger partial charge in [0, 0.05) is 12.1 Å². The maximum atomic E-state index is 11.6. The minimum absolute atomic E-state index is 0.0435. The van der Waals surface area contributed by atoms with Gasteiger partial charge < -0.3 is 5.32 Å². The molecule has 0 aliphatic carbocycles. The van der Waals surface area contributed by atoms with Gasteiger partial charge in [0.1, 0.15) is 0 Å². The van der Waals surface area contributed by atoms with Gasteiger partial charge in [-0.2, -0.15) is 0 Å². The second-order valence-electron chi connectivity index (χ2n) is 3.82. The largest absolute Gasteiger partial charge is 0.348 e. The molecule has 0 fully saturated rings. The van der Waals surface area contributed by atoms with Crippen molar-refractivity contribution in [3.63, 3.8) is 0 Å². The lowest BCUT2D eigenvalue weighted by Crippen LogP contribution is -2.31. The molecule has 1 heterocycles. The number of nitrogens with one attached hydrogen (secondary N) is 1. The second kappa shape index (κ2) is 3.89. The Bertz CT molecular complexity index is 432. The van der Waals surface area contributed by atoms with Crippen molar-refractivity contribution < 1.29 is 4.79 Å². The van der Waals surface area contributed by atoms with E-state index in [1.165, 1.54) is 11.1 Å². The molecule has 1 aliphatic rings. The highest BCUT2D eigenvalue weighted by Gasteiger charge is 2.20. The van der Waals surface area contributed by atoms with Gasteiger partial charge in [-0.25, -0.2) is 0 Å². The summed E-state index contributed by atoms with van der Waals surface area (Å²) < 4.78 is 0. The Morgan fingerprint density at radius 2 is 2.27 bits per heavy atom. The molecule has 2 nitrogen and oxygen atoms in total. The van der Waals surface area contributed by atoms with Crippen molar-refractivity contribution in [2.45, 2.75) is 20.3 Å². The summed E-state index contributed by atoms with van der Waals surface area (Å²) in [7, 11) is 0. The fraction of sp³-hybridized carbons (Fsp3) is 0.308. The van der Waals surface area contributed by atoms with Crippen molar-refractivity contribution in [3.8, 4) is 0 Å². The number of carbonyl (C=O) groups is 1. The van der Waals surface area contributed by atoms with Crippen molar-refractivity contribution >= 4 is 11.5 Å². The highest BCUT2D eigenvalue weighted by molar-refractivity contribution is 6.03. The Morgan fingerprint density at radius 3 is 3.00 bits per heavy atom. The fourth-order valence-electron chi connectivity index (χ4n) is 2.06. The maximum Gasteiger partial charge on any atom is 0.252 e. The first-order valence-corrected chi connectivity index (χ1v) is 5.31. The molecule has 0 radical (unpaired) electrons. The lowest BCUT2D eigenvalue weighted by atomic mass is 9.91. The molecule has 0 aromatic heterocycles. The monoisotopic (exact) mass is 201 g/mol. The van der Waals surface area contributed by atoms with Gasteiger partial charge in [-0.05, 0) is 36.1 Å². The average Bonchev–Trinajstić information content (AvgIpc) is 2.23. The van der Waals surface area contributed by atoms with Gasteiger partial charge in [-0.1, -0.05) is 25.1 Å². The number of benzene rings is 1. The van der Waals surface area contributed by atoms with Crippen LogP contribution >= 0.6 is 0 Å². The fourth-order valence-corrected chi connectivity index (χ4v) is 2.06. The summed E-state index contributed by atoms with van der Waals surface area (Å²) in [5.41, 5.74) is 4.36. The van der Waals surface area contributed by atoms with Crippen LogP contribution in [0.4, 0.5) is 0 Å². The van der Waals surface area contributed by atoms with Crippen LogP contribution in [0.2, 0.25) is 0 Å². The third-order valence-electron chi connectivity index (χ3n) is 2.73. The average molecular weight is 201 g/mol. The van der Waals surface area contributed by atoms with Crippen molar-refractivity contribution in [3.05, 3.63) is 41.0 Å². The molecule has 0 unspecified atom stereocenters. The first-order valence-electron chi connectivity index (χ1n) is 5.31. The van der Waals surface area contributed by atoms with Gasteiger partial charge in [0.2, 0.25) is 0 Å². The van der Waals surface area contributed by atoms with Gasteiger partial charge in [-0.15, -0.1) is 0 Å². The molecule has 1 N–H and O–H groups in total. The molecule has 2 rings (SSSR count). The SMILES string of the molecule is CC/C=C1/CNC(=O)c2cccc(C)c21. The molecule has 0 saturated carbocycles. The molecule has 1 aliphatic heterocycles. The van der Waals surface area contributed by atoms with Crippen molar-refractivity contribution in [1.82, 2.24) is 5.32 Å². The van der Waals surface area contributed by atoms with E-state index in [4.69, 9.17) is 0 Å². The van der Waals surface area contributed by atoms with E-state index in [1.807, 2.05) is 12.1 Å². The number of hydrogen-bond donors (Lipinski definition) is 1. The van der Waals surface area contributed by atoms with Crippen LogP contribution < -0.4 is 5.32 Å². The van der Waals surface area contributed by atoms with E-state index in [0.717, 1.165) is 17.5 Å². The third kappa shape index (κ3) is 1.67. The second-order valence-corrected chi connectivity index (χ2v) is 3.82. The number of aryl methyl sites for hydroxylation is 1. The topological polar surface area (TPSA) is 29.1 Å². The van der Waals surface area contributed by atoms with Crippen LogP contribution in [0.5, 0.6) is 0 Å². The van der Waals surface area contributed by atoms with Crippen LogP contribution in [-0.4, -0.2) is 12.5 Å². The molecule has 0 bridgehead atoms. The highest BCUT2D eigenvalue weighted by atomic mass is 16.1. The predicted octanol–water partition coefficient (Wildman–Crippen LogP) is 2.53. The molecule has 1 amide bonds. The first-order chi connectivity index (χ1) is 7.24. The van der Waals surface area contributed by atoms with Gasteiger partial charge in [0.15, 0.2) is 0 Å². The highest BCUT2D eigenvalue weighted by Crippen LogP contribution is 2.26. The van der Waals surface area contributed by atoms with Crippen molar-refractivity contribution in [2.24, 2.45) is 0 Å². The zero-order valence-corrected chi connectivity index (χ0v) is 9.13. The first kappa shape index (κ1) is 9.97. The van der Waals surface area contributed by atoms with E-state index in [1.54, 1.807) is 0 Å². The molecule has 15 heavy (non-hydrogen) atoms. The van der Waals surface area contributed by atoms with Crippen LogP contribution in [0, 0.1) is 6.92 Å². The molecule has 0 saturated heterocycles. The summed E-state index contributed by atoms with van der Waals surface area (Å²) in [5.74, 6) is 0.0435.